The van der Waals surface area contributed by atoms with Gasteiger partial charge in [-0.05, 0) is 26.9 Å². The Labute approximate surface area is 97.7 Å². The zero-order valence-electron chi connectivity index (χ0n) is 10.7. The summed E-state index contributed by atoms with van der Waals surface area (Å²) < 4.78 is 5.61. The summed E-state index contributed by atoms with van der Waals surface area (Å²) in [5, 5.41) is 0. The Bertz CT molecular complexity index is 304. The fourth-order valence-corrected chi connectivity index (χ4v) is 1.58. The molecule has 16 heavy (non-hydrogen) atoms. The number of aryl methyl sites for hydroxylation is 2. The number of nitrogens with zero attached hydrogens (tertiary/aromatic N) is 3. The fourth-order valence-electron chi connectivity index (χ4n) is 1.58. The summed E-state index contributed by atoms with van der Waals surface area (Å²) in [4.78, 5) is 10.8. The van der Waals surface area contributed by atoms with E-state index in [1.54, 1.807) is 0 Å². The van der Waals surface area contributed by atoms with E-state index < -0.39 is 0 Å². The van der Waals surface area contributed by atoms with Gasteiger partial charge >= 0.3 is 0 Å². The highest BCUT2D eigenvalue weighted by Gasteiger charge is 2.02. The maximum atomic E-state index is 5.61. The maximum absolute atomic E-state index is 5.61. The molecule has 0 unspecified atom stereocenters. The molecule has 4 nitrogen and oxygen atoms in total. The Morgan fingerprint density at radius 2 is 1.88 bits per heavy atom. The Kier molecular flexibility index (Phi) is 5.19. The molecular weight excluding hydrogens is 202 g/mol. The van der Waals surface area contributed by atoms with Crippen LogP contribution in [-0.4, -0.2) is 41.1 Å². The molecule has 0 aromatic carbocycles. The Morgan fingerprint density at radius 1 is 1.19 bits per heavy atom. The zero-order chi connectivity index (χ0) is 12.0. The number of hydrogen-bond acceptors (Lipinski definition) is 4. The van der Waals surface area contributed by atoms with E-state index in [0.29, 0.717) is 12.5 Å². The molecule has 1 aromatic heterocycles. The van der Waals surface area contributed by atoms with Crippen LogP contribution in [0.4, 0.5) is 0 Å². The van der Waals surface area contributed by atoms with Gasteiger partial charge in [0, 0.05) is 18.3 Å². The summed E-state index contributed by atoms with van der Waals surface area (Å²) in [5.41, 5.74) is 0.949. The second-order valence-corrected chi connectivity index (χ2v) is 3.77. The van der Waals surface area contributed by atoms with Crippen LogP contribution in [0.15, 0.2) is 6.07 Å². The third kappa shape index (κ3) is 4.14. The van der Waals surface area contributed by atoms with Crippen molar-refractivity contribution in [2.45, 2.75) is 27.7 Å². The quantitative estimate of drug-likeness (QED) is 0.737. The molecule has 0 fully saturated rings. The third-order valence-corrected chi connectivity index (χ3v) is 2.49. The van der Waals surface area contributed by atoms with Crippen LogP contribution in [0.1, 0.15) is 25.4 Å². The molecule has 0 aliphatic carbocycles. The average molecular weight is 223 g/mol. The van der Waals surface area contributed by atoms with Crippen molar-refractivity contribution in [3.05, 3.63) is 17.6 Å². The molecule has 0 saturated heterocycles. The topological polar surface area (TPSA) is 38.2 Å². The van der Waals surface area contributed by atoms with Crippen LogP contribution in [0.5, 0.6) is 5.88 Å². The summed E-state index contributed by atoms with van der Waals surface area (Å²) in [5.74, 6) is 1.44. The summed E-state index contributed by atoms with van der Waals surface area (Å²) in [6, 6.07) is 1.87. The van der Waals surface area contributed by atoms with Crippen molar-refractivity contribution in [1.82, 2.24) is 14.9 Å². The molecule has 0 aliphatic rings. The molecule has 0 aliphatic heterocycles. The van der Waals surface area contributed by atoms with E-state index >= 15 is 0 Å². The van der Waals surface area contributed by atoms with Gasteiger partial charge in [-0.3, -0.25) is 0 Å². The smallest absolute Gasteiger partial charge is 0.216 e. The minimum absolute atomic E-state index is 0.678. The van der Waals surface area contributed by atoms with Crippen molar-refractivity contribution < 1.29 is 4.74 Å². The van der Waals surface area contributed by atoms with Crippen LogP contribution in [0, 0.1) is 13.8 Å². The van der Waals surface area contributed by atoms with Gasteiger partial charge in [-0.15, -0.1) is 0 Å². The number of rotatable bonds is 6. The molecule has 4 heteroatoms. The van der Waals surface area contributed by atoms with Gasteiger partial charge in [0.25, 0.3) is 0 Å². The first-order valence-electron chi connectivity index (χ1n) is 5.83. The van der Waals surface area contributed by atoms with Crippen molar-refractivity contribution in [2.75, 3.05) is 26.2 Å². The second kappa shape index (κ2) is 6.43. The van der Waals surface area contributed by atoms with Crippen LogP contribution in [-0.2, 0) is 0 Å². The fraction of sp³-hybridized carbons (Fsp3) is 0.667. The largest absolute Gasteiger partial charge is 0.476 e. The highest BCUT2D eigenvalue weighted by molar-refractivity contribution is 5.14. The van der Waals surface area contributed by atoms with Crippen molar-refractivity contribution in [3.63, 3.8) is 0 Å². The molecule has 0 spiro atoms. The molecule has 0 atom stereocenters. The van der Waals surface area contributed by atoms with Crippen molar-refractivity contribution in [3.8, 4) is 5.88 Å². The number of aromatic nitrogens is 2. The van der Waals surface area contributed by atoms with Crippen LogP contribution in [0.2, 0.25) is 0 Å². The van der Waals surface area contributed by atoms with Gasteiger partial charge in [0.1, 0.15) is 12.4 Å². The molecule has 0 N–H and O–H groups in total. The molecule has 90 valence electrons. The molecule has 1 heterocycles. The number of likely N-dealkylation sites (N-methyl/N-ethyl adjacent to an activating group) is 1. The summed E-state index contributed by atoms with van der Waals surface area (Å²) in [6.45, 7) is 11.9. The zero-order valence-corrected chi connectivity index (χ0v) is 10.7. The SMILES string of the molecule is CCN(CC)CCOc1cc(C)nc(C)n1. The molecule has 0 radical (unpaired) electrons. The lowest BCUT2D eigenvalue weighted by Gasteiger charge is -2.17. The Balaban J connectivity index is 2.42. The predicted molar refractivity (Wildman–Crippen MR) is 64.8 cm³/mol. The van der Waals surface area contributed by atoms with E-state index in [0.717, 1.165) is 31.2 Å². The van der Waals surface area contributed by atoms with Gasteiger partial charge in [-0.2, -0.15) is 4.98 Å². The van der Waals surface area contributed by atoms with Crippen LogP contribution >= 0.6 is 0 Å². The number of hydrogen-bond donors (Lipinski definition) is 0. The van der Waals surface area contributed by atoms with Gasteiger partial charge in [-0.1, -0.05) is 13.8 Å². The summed E-state index contributed by atoms with van der Waals surface area (Å²) in [7, 11) is 0. The average Bonchev–Trinajstić information content (AvgIpc) is 2.23. The normalized spacial score (nSPS) is 10.8. The van der Waals surface area contributed by atoms with Gasteiger partial charge in [0.2, 0.25) is 5.88 Å². The summed E-state index contributed by atoms with van der Waals surface area (Å²) in [6.07, 6.45) is 0. The first-order valence-corrected chi connectivity index (χ1v) is 5.83. The van der Waals surface area contributed by atoms with Gasteiger partial charge in [0.15, 0.2) is 0 Å². The van der Waals surface area contributed by atoms with Crippen molar-refractivity contribution in [2.24, 2.45) is 0 Å². The molecule has 0 saturated carbocycles. The Hall–Kier alpha value is -1.16. The molecule has 1 rings (SSSR count). The lowest BCUT2D eigenvalue weighted by atomic mass is 10.4. The molecular formula is C12H21N3O. The van der Waals surface area contributed by atoms with E-state index in [9.17, 15) is 0 Å². The minimum Gasteiger partial charge on any atom is -0.476 e. The maximum Gasteiger partial charge on any atom is 0.216 e. The second-order valence-electron chi connectivity index (χ2n) is 3.77. The monoisotopic (exact) mass is 223 g/mol. The standard InChI is InChI=1S/C12H21N3O/c1-5-15(6-2)7-8-16-12-9-10(3)13-11(4)14-12/h9H,5-8H2,1-4H3. The lowest BCUT2D eigenvalue weighted by Crippen LogP contribution is -2.28. The number of ether oxygens (including phenoxy) is 1. The minimum atomic E-state index is 0.678. The van der Waals surface area contributed by atoms with Crippen LogP contribution < -0.4 is 4.74 Å². The van der Waals surface area contributed by atoms with E-state index in [1.807, 2.05) is 19.9 Å². The Morgan fingerprint density at radius 3 is 2.44 bits per heavy atom. The van der Waals surface area contributed by atoms with Crippen LogP contribution in [0.3, 0.4) is 0 Å². The van der Waals surface area contributed by atoms with Gasteiger partial charge in [0.05, 0.1) is 0 Å². The van der Waals surface area contributed by atoms with Crippen molar-refractivity contribution in [1.29, 1.82) is 0 Å². The first kappa shape index (κ1) is 12.9. The molecule has 1 aromatic rings. The summed E-state index contributed by atoms with van der Waals surface area (Å²) >= 11 is 0. The van der Waals surface area contributed by atoms with E-state index in [1.165, 1.54) is 0 Å². The van der Waals surface area contributed by atoms with E-state index in [-0.39, 0.29) is 0 Å². The third-order valence-electron chi connectivity index (χ3n) is 2.49. The first-order chi connectivity index (χ1) is 7.65. The van der Waals surface area contributed by atoms with Gasteiger partial charge in [-0.25, -0.2) is 4.98 Å². The predicted octanol–water partition coefficient (Wildman–Crippen LogP) is 1.81. The highest BCUT2D eigenvalue weighted by Crippen LogP contribution is 2.08. The van der Waals surface area contributed by atoms with Crippen LogP contribution in [0.25, 0.3) is 0 Å². The molecule has 0 bridgehead atoms. The van der Waals surface area contributed by atoms with Crippen molar-refractivity contribution >= 4 is 0 Å². The lowest BCUT2D eigenvalue weighted by molar-refractivity contribution is 0.217. The van der Waals surface area contributed by atoms with E-state index in [2.05, 4.69) is 28.7 Å². The van der Waals surface area contributed by atoms with E-state index in [4.69, 9.17) is 4.74 Å². The molecule has 0 amide bonds. The highest BCUT2D eigenvalue weighted by atomic mass is 16.5. The van der Waals surface area contributed by atoms with Gasteiger partial charge < -0.3 is 9.64 Å².